The highest BCUT2D eigenvalue weighted by Gasteiger charge is 2.39. The number of amides is 10. The maximum absolute atomic E-state index is 14.1. The van der Waals surface area contributed by atoms with Crippen molar-refractivity contribution in [1.82, 2.24) is 58.1 Å². The molecule has 2 aliphatic heterocycles. The number of piperidine rings is 2. The molecule has 34 nitrogen and oxygen atoms in total. The highest BCUT2D eigenvalue weighted by Crippen LogP contribution is 2.23. The van der Waals surface area contributed by atoms with Crippen LogP contribution in [0, 0.1) is 17.8 Å². The maximum atomic E-state index is 14.1. The molecule has 37 heteroatoms. The summed E-state index contributed by atoms with van der Waals surface area (Å²) in [6.07, 6.45) is 4.49. The zero-order valence-corrected chi connectivity index (χ0v) is 76.4. The van der Waals surface area contributed by atoms with Crippen molar-refractivity contribution in [2.75, 3.05) is 53.5 Å². The number of carboxylic acid groups (broad SMARTS) is 2. The van der Waals surface area contributed by atoms with E-state index in [1.165, 1.54) is 20.3 Å². The first-order chi connectivity index (χ1) is 61.3. The Morgan fingerprint density at radius 2 is 0.862 bits per heavy atom. The average molecular weight is 1830 g/mol. The van der Waals surface area contributed by atoms with Crippen molar-refractivity contribution >= 4 is 89.1 Å². The molecule has 0 spiro atoms. The van der Waals surface area contributed by atoms with Crippen LogP contribution in [0.25, 0.3) is 0 Å². The number of nitrogens with one attached hydrogen (secondary N) is 10. The zero-order chi connectivity index (χ0) is 97.1. The number of nitrogens with zero attached hydrogens (tertiary/aromatic N) is 1. The van der Waals surface area contributed by atoms with Gasteiger partial charge in [0, 0.05) is 81.2 Å². The quantitative estimate of drug-likeness (QED) is 0.00900. The van der Waals surface area contributed by atoms with Crippen LogP contribution in [0.5, 0.6) is 0 Å². The third-order valence-electron chi connectivity index (χ3n) is 19.7. The number of ketones is 1. The molecule has 0 saturated carbocycles. The van der Waals surface area contributed by atoms with Gasteiger partial charge in [0.15, 0.2) is 5.78 Å². The lowest BCUT2D eigenvalue weighted by molar-refractivity contribution is -0.192. The number of likely N-dealkylation sites (tertiary alicyclic amines) is 1. The van der Waals surface area contributed by atoms with Crippen LogP contribution in [-0.4, -0.2) is 229 Å². The lowest BCUT2D eigenvalue weighted by Gasteiger charge is -2.35. The first-order valence-electron chi connectivity index (χ1n) is 43.6. The van der Waals surface area contributed by atoms with Crippen LogP contribution >= 0.6 is 0 Å². The molecule has 6 rings (SSSR count). The molecule has 4 aromatic rings. The molecule has 2 heterocycles. The Morgan fingerprint density at radius 3 is 1.29 bits per heavy atom. The average Bonchev–Trinajstić information content (AvgIpc) is 0.764. The first kappa shape index (κ1) is 112. The van der Waals surface area contributed by atoms with Gasteiger partial charge < -0.3 is 98.7 Å². The molecular formula is C93H134F3N13O21. The van der Waals surface area contributed by atoms with Gasteiger partial charge in [0.2, 0.25) is 47.3 Å². The first-order valence-corrected chi connectivity index (χ1v) is 43.6. The second-order valence-corrected chi connectivity index (χ2v) is 34.2. The second-order valence-electron chi connectivity index (χ2n) is 34.2. The normalized spacial score (nSPS) is 14.8. The molecule has 0 aromatic heterocycles. The van der Waals surface area contributed by atoms with Crippen LogP contribution in [0.4, 0.5) is 22.8 Å². The Hall–Kier alpha value is -12.1. The number of halogens is 3. The van der Waals surface area contributed by atoms with Crippen LogP contribution in [0.3, 0.4) is 0 Å². The van der Waals surface area contributed by atoms with Gasteiger partial charge >= 0.3 is 42.2 Å². The molecule has 2 saturated heterocycles. The molecule has 4 aromatic carbocycles. The smallest absolute Gasteiger partial charge is 0.480 e. The number of unbranched alkanes of at least 4 members (excludes halogenated alkanes) is 2. The van der Waals surface area contributed by atoms with Crippen LogP contribution in [0.15, 0.2) is 146 Å². The van der Waals surface area contributed by atoms with Crippen molar-refractivity contribution in [2.45, 2.75) is 250 Å². The molecule has 8 atom stereocenters. The van der Waals surface area contributed by atoms with Crippen molar-refractivity contribution < 1.29 is 114 Å². The summed E-state index contributed by atoms with van der Waals surface area (Å²) in [5.41, 5.74) is 13.8. The van der Waals surface area contributed by atoms with Crippen LogP contribution < -0.4 is 64.6 Å². The van der Waals surface area contributed by atoms with Crippen LogP contribution in [-0.2, 0) is 107 Å². The Balaban J connectivity index is 0.000000541. The van der Waals surface area contributed by atoms with E-state index < -0.39 is 143 Å². The van der Waals surface area contributed by atoms with E-state index in [0.717, 1.165) is 66.4 Å². The largest absolute Gasteiger partial charge is 0.490 e. The fraction of sp³-hybridized carbons (Fsp3) is 0.538. The number of alkyl halides is 3. The van der Waals surface area contributed by atoms with Gasteiger partial charge in [-0.2, -0.15) is 13.2 Å². The molecule has 0 aliphatic carbocycles. The molecule has 130 heavy (non-hydrogen) atoms. The number of alkyl carbamates (subject to hydrolysis) is 2. The van der Waals surface area contributed by atoms with Crippen LogP contribution in [0.1, 0.15) is 175 Å². The van der Waals surface area contributed by atoms with Crippen molar-refractivity contribution in [3.05, 3.63) is 168 Å². The lowest BCUT2D eigenvalue weighted by Crippen LogP contribution is -2.59. The number of carbonyl (C=O) groups is 15. The van der Waals surface area contributed by atoms with E-state index >= 15 is 0 Å². The summed E-state index contributed by atoms with van der Waals surface area (Å²) in [5.74, 6) is -10.1. The van der Waals surface area contributed by atoms with Crippen molar-refractivity contribution in [1.29, 1.82) is 0 Å². The van der Waals surface area contributed by atoms with Gasteiger partial charge in [0.25, 0.3) is 0 Å². The van der Waals surface area contributed by atoms with Crippen molar-refractivity contribution in [3.63, 3.8) is 0 Å². The minimum atomic E-state index is -5.08. The molecule has 0 unspecified atom stereocenters. The zero-order valence-electron chi connectivity index (χ0n) is 76.4. The summed E-state index contributed by atoms with van der Waals surface area (Å²) in [7, 11) is 2.50. The fourth-order valence-electron chi connectivity index (χ4n) is 13.3. The lowest BCUT2D eigenvalue weighted by atomic mass is 9.88. The van der Waals surface area contributed by atoms with E-state index in [4.69, 9.17) is 30.8 Å². The third-order valence-corrected chi connectivity index (χ3v) is 19.7. The Kier molecular flexibility index (Phi) is 51.0. The molecule has 10 amide bonds. The number of ether oxygens (including phenoxy) is 4. The molecular weight excluding hydrogens is 1690 g/mol. The number of carboxylic acids is 2. The number of hydrogen-bond donors (Lipinski definition) is 14. The third kappa shape index (κ3) is 48.9. The van der Waals surface area contributed by atoms with E-state index in [1.807, 2.05) is 149 Å². The van der Waals surface area contributed by atoms with E-state index in [0.29, 0.717) is 71.0 Å². The number of Topliss-reactive ketones (excluding diaryl/α,β-unsaturated/α-hetero) is 1. The number of aliphatic carboxylic acids is 2. The van der Waals surface area contributed by atoms with Gasteiger partial charge in [-0.3, -0.25) is 43.2 Å². The number of hydrogen-bond acceptors (Lipinski definition) is 22. The number of nitrogens with two attached hydrogens (primary N) is 2. The highest BCUT2D eigenvalue weighted by atomic mass is 19.4. The van der Waals surface area contributed by atoms with Crippen molar-refractivity contribution in [2.24, 2.45) is 29.2 Å². The molecule has 2 fully saturated rings. The van der Waals surface area contributed by atoms with Crippen LogP contribution in [0.2, 0.25) is 0 Å². The van der Waals surface area contributed by atoms with Crippen molar-refractivity contribution in [3.8, 4) is 0 Å². The maximum Gasteiger partial charge on any atom is 0.490 e. The Labute approximate surface area is 758 Å². The van der Waals surface area contributed by atoms with Gasteiger partial charge in [0.05, 0.1) is 26.3 Å². The number of rotatable bonds is 43. The summed E-state index contributed by atoms with van der Waals surface area (Å²) in [6, 6.07) is 29.7. The Morgan fingerprint density at radius 1 is 0.477 bits per heavy atom. The fourth-order valence-corrected chi connectivity index (χ4v) is 13.3. The van der Waals surface area contributed by atoms with E-state index in [1.54, 1.807) is 46.4 Å². The van der Waals surface area contributed by atoms with Gasteiger partial charge in [-0.05, 0) is 185 Å². The van der Waals surface area contributed by atoms with Gasteiger partial charge in [-0.25, -0.2) is 28.8 Å². The number of benzene rings is 4. The summed E-state index contributed by atoms with van der Waals surface area (Å²) >= 11 is 0. The Bertz CT molecular complexity index is 4270. The van der Waals surface area contributed by atoms with E-state index in [2.05, 4.69) is 62.6 Å². The van der Waals surface area contributed by atoms with Gasteiger partial charge in [0.1, 0.15) is 41.4 Å². The summed E-state index contributed by atoms with van der Waals surface area (Å²) in [6.45, 7) is 21.3. The summed E-state index contributed by atoms with van der Waals surface area (Å²) in [4.78, 5) is 190. The topological polar surface area (TPSA) is 509 Å². The summed E-state index contributed by atoms with van der Waals surface area (Å²) < 4.78 is 51.3. The molecule has 0 radical (unpaired) electrons. The summed E-state index contributed by atoms with van der Waals surface area (Å²) in [5, 5.41) is 45.3. The van der Waals surface area contributed by atoms with E-state index in [9.17, 15) is 85.4 Å². The minimum Gasteiger partial charge on any atom is -0.480 e. The predicted octanol–water partition coefficient (Wildman–Crippen LogP) is 7.22. The number of carbonyl (C=O) groups excluding carboxylic acids is 13. The van der Waals surface area contributed by atoms with Gasteiger partial charge in [-0.15, -0.1) is 0 Å². The van der Waals surface area contributed by atoms with E-state index in [-0.39, 0.29) is 87.2 Å². The molecule has 16 N–H and O–H groups in total. The monoisotopic (exact) mass is 1830 g/mol. The SMILES string of the molecule is CC(C)C[C@@H](CC(=O)[C@@H](Cc1ccccc1)NC(=O)[C@@H](Cc1ccccc1)NC(=O)OC(C)(C)C)C(=O)N[C@H](CCCCNC(=O)OC(C)(C)C)C(=O)O.COC(=O)/C=C/C(=O)NC1CCN(C(=O)[C@@H](CCCCN)NC(=O)[C@@H](CC(C)C)NC(=O)[C@@H](Cc2ccccc2)NC(=O)[C@H](N)Cc2ccccc2)CC1.COC(=O)/C=C/C(=O)NC1CCNCC1.O=C(O)C(F)(F)F. The standard InChI is InChI=1S/C41H60N4O9.C40H57N7O7.C10H16N2O3.C2HF3O2/c1-27(2)23-30(35(47)43-31(37(49)50)21-15-16-22-42-38(51)53-40(3,4)5)26-34(46)32(24-28-17-11-9-12-18-28)44-36(48)33(25-29-19-13-10-14-20-29)45-39(52)54-41(6,7)8;1-27(2)24-33(46-39(52)34(26-29-14-8-5-9-15-29)45-37(50)31(42)25-28-12-6-4-7-13-28)38(51)44-32(16-10-11-21-41)40(53)47-22-19-30(20-23-47)43-35(48)17-18-36(49)54-3;1-15-10(14)3-2-9(13)12-8-4-6-11-7-5-8;3-2(4,5)1(6)7/h9-14,17-20,27,30-33H,15-16,21-26H2,1-8H3,(H,42,51)(H,43,47)(H,44,48)(H,45,52)(H,49,50);4-9,12-15,17-18,27,30-34H,10-11,16,19-26,41-42H2,1-3H3,(H,43,48)(H,44,51)(H,45,50)(H,46,52);2-3,8,11H,4-7H2,1H3,(H,12,13);(H,6,7)/b;18-17+;3-2+;/t30-,31+,32+,33+;31-,32-,33-,34-;;/m01../s1. The predicted molar refractivity (Wildman–Crippen MR) is 480 cm³/mol. The second kappa shape index (κ2) is 59.2. The molecule has 2 aliphatic rings. The molecule has 718 valence electrons. The minimum absolute atomic E-state index is 0.00519. The molecule has 0 bridgehead atoms. The highest BCUT2D eigenvalue weighted by molar-refractivity contribution is 5.98. The van der Waals surface area contributed by atoms with Gasteiger partial charge in [-0.1, -0.05) is 149 Å². The number of methoxy groups -OCH3 is 2. The number of esters is 2.